The predicted octanol–water partition coefficient (Wildman–Crippen LogP) is -3.40. The van der Waals surface area contributed by atoms with E-state index < -0.39 is 60.5 Å². The molecule has 11 heteroatoms. The van der Waals surface area contributed by atoms with Crippen LogP contribution in [-0.4, -0.2) is 74.5 Å². The number of nitrogens with one attached hydrogen (secondary N) is 2. The molecule has 0 saturated heterocycles. The van der Waals surface area contributed by atoms with Gasteiger partial charge in [-0.2, -0.15) is 0 Å². The summed E-state index contributed by atoms with van der Waals surface area (Å²) in [7, 11) is 0. The van der Waals surface area contributed by atoms with Gasteiger partial charge in [0.15, 0.2) is 0 Å². The first-order valence-corrected chi connectivity index (χ1v) is 6.64. The van der Waals surface area contributed by atoms with E-state index in [-0.39, 0.29) is 0 Å². The number of hydrogen-bond donors (Lipinski definition) is 7. The third-order valence-corrected chi connectivity index (χ3v) is 2.88. The Morgan fingerprint density at radius 2 is 1.48 bits per heavy atom. The quantitative estimate of drug-likeness (QED) is 0.224. The van der Waals surface area contributed by atoms with Crippen molar-refractivity contribution in [3.8, 4) is 0 Å². The smallest absolute Gasteiger partial charge is 0.326 e. The molecule has 0 aromatic carbocycles. The molecule has 0 bridgehead atoms. The highest BCUT2D eigenvalue weighted by molar-refractivity contribution is 5.93. The number of rotatable bonds is 9. The van der Waals surface area contributed by atoms with Crippen LogP contribution in [0.1, 0.15) is 20.3 Å². The van der Waals surface area contributed by atoms with Crippen LogP contribution in [0.4, 0.5) is 0 Å². The second kappa shape index (κ2) is 9.02. The van der Waals surface area contributed by atoms with Gasteiger partial charge in [-0.25, -0.2) is 4.79 Å². The molecule has 132 valence electrons. The fourth-order valence-electron chi connectivity index (χ4n) is 1.51. The molecule has 0 spiro atoms. The Hall–Kier alpha value is -2.24. The molecule has 0 aliphatic carbocycles. The minimum atomic E-state index is -1.73. The van der Waals surface area contributed by atoms with Crippen LogP contribution in [0.5, 0.6) is 0 Å². The molecule has 0 rings (SSSR count). The molecule has 0 unspecified atom stereocenters. The molecule has 11 nitrogen and oxygen atoms in total. The van der Waals surface area contributed by atoms with E-state index >= 15 is 0 Å². The summed E-state index contributed by atoms with van der Waals surface area (Å²) in [5.41, 5.74) is 5.38. The number of carboxylic acids is 2. The largest absolute Gasteiger partial charge is 0.481 e. The van der Waals surface area contributed by atoms with Crippen molar-refractivity contribution in [2.45, 2.75) is 50.6 Å². The standard InChI is InChI=1S/C12H21N3O8/c1-4(16)8(13)10(20)15-9(5(2)17)11(21)14-6(12(22)23)3-7(18)19/h4-6,8-9,16-17H,3,13H2,1-2H3,(H,14,21)(H,15,20)(H,18,19)(H,22,23)/t4-,5-,6+,8+,9+/m1/s1. The van der Waals surface area contributed by atoms with Crippen molar-refractivity contribution >= 4 is 23.8 Å². The average Bonchev–Trinajstić information content (AvgIpc) is 2.41. The Balaban J connectivity index is 5.01. The summed E-state index contributed by atoms with van der Waals surface area (Å²) in [4.78, 5) is 45.1. The predicted molar refractivity (Wildman–Crippen MR) is 75.1 cm³/mol. The number of hydrogen-bond acceptors (Lipinski definition) is 7. The lowest BCUT2D eigenvalue weighted by molar-refractivity contribution is -0.148. The van der Waals surface area contributed by atoms with Crippen molar-refractivity contribution in [3.05, 3.63) is 0 Å². The zero-order valence-electron chi connectivity index (χ0n) is 12.6. The summed E-state index contributed by atoms with van der Waals surface area (Å²) in [6.07, 6.45) is -3.51. The van der Waals surface area contributed by atoms with E-state index in [1.54, 1.807) is 0 Å². The minimum absolute atomic E-state index is 0.880. The fourth-order valence-corrected chi connectivity index (χ4v) is 1.51. The summed E-state index contributed by atoms with van der Waals surface area (Å²) in [6.45, 7) is 2.40. The Morgan fingerprint density at radius 1 is 0.957 bits per heavy atom. The lowest BCUT2D eigenvalue weighted by Gasteiger charge is -2.24. The highest BCUT2D eigenvalue weighted by Gasteiger charge is 2.32. The van der Waals surface area contributed by atoms with E-state index in [9.17, 15) is 29.4 Å². The van der Waals surface area contributed by atoms with Crippen LogP contribution in [0, 0.1) is 0 Å². The van der Waals surface area contributed by atoms with Crippen molar-refractivity contribution in [2.75, 3.05) is 0 Å². The molecule has 8 N–H and O–H groups in total. The summed E-state index contributed by atoms with van der Waals surface area (Å²) < 4.78 is 0. The van der Waals surface area contributed by atoms with Crippen LogP contribution in [-0.2, 0) is 19.2 Å². The van der Waals surface area contributed by atoms with Crippen LogP contribution in [0.15, 0.2) is 0 Å². The molecule has 5 atom stereocenters. The highest BCUT2D eigenvalue weighted by Crippen LogP contribution is 2.00. The fraction of sp³-hybridized carbons (Fsp3) is 0.667. The van der Waals surface area contributed by atoms with E-state index in [2.05, 4.69) is 5.32 Å². The molecule has 0 fully saturated rings. The first-order valence-electron chi connectivity index (χ1n) is 6.64. The third-order valence-electron chi connectivity index (χ3n) is 2.88. The molecule has 23 heavy (non-hydrogen) atoms. The number of amides is 2. The lowest BCUT2D eigenvalue weighted by Crippen LogP contribution is -2.59. The van der Waals surface area contributed by atoms with Crippen LogP contribution in [0.25, 0.3) is 0 Å². The zero-order chi connectivity index (χ0) is 18.3. The van der Waals surface area contributed by atoms with Gasteiger partial charge in [0.05, 0.1) is 18.6 Å². The maximum Gasteiger partial charge on any atom is 0.326 e. The lowest BCUT2D eigenvalue weighted by atomic mass is 10.1. The van der Waals surface area contributed by atoms with Crippen molar-refractivity contribution in [2.24, 2.45) is 5.73 Å². The molecule has 0 aromatic heterocycles. The van der Waals surface area contributed by atoms with Gasteiger partial charge in [-0.3, -0.25) is 14.4 Å². The van der Waals surface area contributed by atoms with E-state index in [0.29, 0.717) is 0 Å². The first kappa shape index (κ1) is 20.8. The van der Waals surface area contributed by atoms with Crippen LogP contribution in [0.3, 0.4) is 0 Å². The molecule has 0 heterocycles. The van der Waals surface area contributed by atoms with Crippen molar-refractivity contribution < 1.29 is 39.6 Å². The monoisotopic (exact) mass is 335 g/mol. The number of aliphatic hydroxyl groups excluding tert-OH is 2. The van der Waals surface area contributed by atoms with E-state index in [0.717, 1.165) is 6.92 Å². The van der Waals surface area contributed by atoms with Gasteiger partial charge in [0.1, 0.15) is 18.1 Å². The zero-order valence-corrected chi connectivity index (χ0v) is 12.6. The summed E-state index contributed by atoms with van der Waals surface area (Å²) in [5.74, 6) is -5.07. The maximum absolute atomic E-state index is 12.0. The van der Waals surface area contributed by atoms with Crippen LogP contribution < -0.4 is 16.4 Å². The first-order chi connectivity index (χ1) is 10.5. The molecular weight excluding hydrogens is 314 g/mol. The van der Waals surface area contributed by atoms with Gasteiger partial charge in [-0.15, -0.1) is 0 Å². The Labute approximate surface area is 131 Å². The van der Waals surface area contributed by atoms with Gasteiger partial charge in [0.25, 0.3) is 0 Å². The topological polar surface area (TPSA) is 199 Å². The second-order valence-corrected chi connectivity index (χ2v) is 4.99. The molecule has 0 aromatic rings. The minimum Gasteiger partial charge on any atom is -0.481 e. The molecule has 2 amide bonds. The number of carboxylic acid groups (broad SMARTS) is 2. The Kier molecular flexibility index (Phi) is 8.15. The Bertz CT molecular complexity index is 465. The normalized spacial score (nSPS) is 17.3. The van der Waals surface area contributed by atoms with Crippen molar-refractivity contribution in [1.82, 2.24) is 10.6 Å². The Morgan fingerprint density at radius 3 is 1.83 bits per heavy atom. The maximum atomic E-state index is 12.0. The highest BCUT2D eigenvalue weighted by atomic mass is 16.4. The number of aliphatic hydroxyl groups is 2. The van der Waals surface area contributed by atoms with Gasteiger partial charge < -0.3 is 36.8 Å². The van der Waals surface area contributed by atoms with Crippen LogP contribution >= 0.6 is 0 Å². The SMILES string of the molecule is C[C@@H](O)[C@H](N)C(=O)N[C@H](C(=O)N[C@@H](CC(=O)O)C(=O)O)[C@@H](C)O. The number of carbonyl (C=O) groups is 4. The summed E-state index contributed by atoms with van der Waals surface area (Å²) in [5, 5.41) is 40.2. The molecule has 0 aliphatic heterocycles. The number of nitrogens with two attached hydrogens (primary N) is 1. The van der Waals surface area contributed by atoms with Gasteiger partial charge >= 0.3 is 11.9 Å². The molecule has 0 aliphatic rings. The summed E-state index contributed by atoms with van der Waals surface area (Å²) in [6, 6.07) is -4.66. The third kappa shape index (κ3) is 7.04. The van der Waals surface area contributed by atoms with Crippen molar-refractivity contribution in [1.29, 1.82) is 0 Å². The van der Waals surface area contributed by atoms with Crippen molar-refractivity contribution in [3.63, 3.8) is 0 Å². The molecular formula is C12H21N3O8. The molecule has 0 saturated carbocycles. The molecule has 0 radical (unpaired) electrons. The van der Waals surface area contributed by atoms with Gasteiger partial charge in [-0.05, 0) is 13.8 Å². The number of aliphatic carboxylic acids is 2. The average molecular weight is 335 g/mol. The van der Waals surface area contributed by atoms with Gasteiger partial charge in [-0.1, -0.05) is 0 Å². The number of carbonyl (C=O) groups excluding carboxylic acids is 2. The van der Waals surface area contributed by atoms with E-state index in [1.807, 2.05) is 5.32 Å². The summed E-state index contributed by atoms with van der Waals surface area (Å²) >= 11 is 0. The van der Waals surface area contributed by atoms with E-state index in [1.165, 1.54) is 6.92 Å². The van der Waals surface area contributed by atoms with E-state index in [4.69, 9.17) is 15.9 Å². The van der Waals surface area contributed by atoms with Gasteiger partial charge in [0.2, 0.25) is 11.8 Å². The van der Waals surface area contributed by atoms with Crippen LogP contribution in [0.2, 0.25) is 0 Å². The second-order valence-electron chi connectivity index (χ2n) is 4.99. The van der Waals surface area contributed by atoms with Gasteiger partial charge in [0, 0.05) is 0 Å².